The van der Waals surface area contributed by atoms with E-state index in [-0.39, 0.29) is 0 Å². The van der Waals surface area contributed by atoms with Crippen molar-refractivity contribution in [1.29, 1.82) is 0 Å². The zero-order valence-corrected chi connectivity index (χ0v) is 4.11. The molecule has 0 atom stereocenters. The second-order valence-electron chi connectivity index (χ2n) is 1.14. The minimum atomic E-state index is -5.07. The molecular formula is C3H5BF3O-. The first-order chi connectivity index (χ1) is 3.56. The first-order valence-electron chi connectivity index (χ1n) is 2.00. The summed E-state index contributed by atoms with van der Waals surface area (Å²) in [5.74, 6) is 0. The highest BCUT2D eigenvalue weighted by Gasteiger charge is 2.23. The Hall–Kier alpha value is -0.445. The van der Waals surface area contributed by atoms with Gasteiger partial charge in [0, 0.05) is 6.61 Å². The predicted octanol–water partition coefficient (Wildman–Crippen LogP) is 1.53. The van der Waals surface area contributed by atoms with E-state index in [1.54, 1.807) is 0 Å². The largest absolute Gasteiger partial charge is 0.637 e. The molecule has 0 spiro atoms. The third-order valence-corrected chi connectivity index (χ3v) is 0.403. The first kappa shape index (κ1) is 7.55. The lowest BCUT2D eigenvalue weighted by molar-refractivity contribution is 0.199. The van der Waals surface area contributed by atoms with Gasteiger partial charge in [-0.05, 0) is 0 Å². The van der Waals surface area contributed by atoms with Crippen LogP contribution in [0.1, 0.15) is 0 Å². The fourth-order valence-corrected chi connectivity index (χ4v) is 0.177. The summed E-state index contributed by atoms with van der Waals surface area (Å²) in [6.45, 7) is 2.59. The molecule has 0 unspecified atom stereocenters. The van der Waals surface area contributed by atoms with Crippen LogP contribution < -0.4 is 0 Å². The van der Waals surface area contributed by atoms with Gasteiger partial charge in [-0.2, -0.15) is 0 Å². The lowest BCUT2D eigenvalue weighted by Crippen LogP contribution is -2.20. The Morgan fingerprint density at radius 2 is 2.00 bits per heavy atom. The standard InChI is InChI=1S/C3H5BF3O/c1-2-3-8-4(5,6)7/h2H,1,3H2/q-1. The number of rotatable bonds is 3. The van der Waals surface area contributed by atoms with Gasteiger partial charge >= 0.3 is 7.18 Å². The summed E-state index contributed by atoms with van der Waals surface area (Å²) in [7, 11) is -5.07. The number of halogens is 3. The first-order valence-corrected chi connectivity index (χ1v) is 2.00. The summed E-state index contributed by atoms with van der Waals surface area (Å²) in [6.07, 6.45) is 1.05. The Labute approximate surface area is 45.2 Å². The SMILES string of the molecule is C=CCO[B-](F)(F)F. The Balaban J connectivity index is 3.24. The zero-order chi connectivity index (χ0) is 6.62. The summed E-state index contributed by atoms with van der Waals surface area (Å²) in [4.78, 5) is 0. The monoisotopic (exact) mass is 125 g/mol. The molecule has 0 saturated carbocycles. The molecule has 0 aromatic heterocycles. The molecule has 0 heterocycles. The molecule has 0 fully saturated rings. The molecule has 0 rings (SSSR count). The van der Waals surface area contributed by atoms with E-state index in [4.69, 9.17) is 0 Å². The molecule has 0 aliphatic heterocycles. The fraction of sp³-hybridized carbons (Fsp3) is 0.333. The normalized spacial score (nSPS) is 11.4. The van der Waals surface area contributed by atoms with Gasteiger partial charge in [-0.1, -0.05) is 6.08 Å². The number of hydrogen-bond donors (Lipinski definition) is 0. The molecule has 0 aromatic rings. The van der Waals surface area contributed by atoms with Gasteiger partial charge in [0.2, 0.25) is 0 Å². The van der Waals surface area contributed by atoms with E-state index in [9.17, 15) is 12.9 Å². The second kappa shape index (κ2) is 2.76. The van der Waals surface area contributed by atoms with Gasteiger partial charge in [-0.25, -0.2) is 0 Å². The van der Waals surface area contributed by atoms with Crippen molar-refractivity contribution < 1.29 is 17.6 Å². The summed E-state index contributed by atoms with van der Waals surface area (Å²) < 4.78 is 36.4. The lowest BCUT2D eigenvalue weighted by Gasteiger charge is -2.13. The average molecular weight is 125 g/mol. The summed E-state index contributed by atoms with van der Waals surface area (Å²) in [5, 5.41) is 0. The molecule has 1 nitrogen and oxygen atoms in total. The fourth-order valence-electron chi connectivity index (χ4n) is 0.177. The quantitative estimate of drug-likeness (QED) is 0.410. The Morgan fingerprint density at radius 3 is 2.12 bits per heavy atom. The molecular weight excluding hydrogens is 120 g/mol. The average Bonchev–Trinajstić information content (AvgIpc) is 1.59. The van der Waals surface area contributed by atoms with Crippen LogP contribution in [0.5, 0.6) is 0 Å². The minimum absolute atomic E-state index is 0.455. The topological polar surface area (TPSA) is 9.23 Å². The predicted molar refractivity (Wildman–Crippen MR) is 25.2 cm³/mol. The molecule has 0 bridgehead atoms. The Kier molecular flexibility index (Phi) is 2.61. The van der Waals surface area contributed by atoms with Gasteiger partial charge in [0.05, 0.1) is 0 Å². The van der Waals surface area contributed by atoms with E-state index in [0.717, 1.165) is 6.08 Å². The van der Waals surface area contributed by atoms with Crippen molar-refractivity contribution in [2.24, 2.45) is 0 Å². The van der Waals surface area contributed by atoms with E-state index < -0.39 is 13.8 Å². The van der Waals surface area contributed by atoms with E-state index in [0.29, 0.717) is 0 Å². The van der Waals surface area contributed by atoms with E-state index in [1.165, 1.54) is 0 Å². The number of hydrogen-bond acceptors (Lipinski definition) is 1. The van der Waals surface area contributed by atoms with Crippen molar-refractivity contribution in [3.8, 4) is 0 Å². The van der Waals surface area contributed by atoms with Gasteiger partial charge in [-0.3, -0.25) is 0 Å². The Bertz CT molecular complexity index is 79.1. The third-order valence-electron chi connectivity index (χ3n) is 0.403. The molecule has 0 radical (unpaired) electrons. The maximum atomic E-state index is 11.0. The van der Waals surface area contributed by atoms with Crippen LogP contribution >= 0.6 is 0 Å². The van der Waals surface area contributed by atoms with E-state index in [2.05, 4.69) is 11.2 Å². The van der Waals surface area contributed by atoms with Crippen molar-refractivity contribution in [3.63, 3.8) is 0 Å². The van der Waals surface area contributed by atoms with Gasteiger partial charge < -0.3 is 17.6 Å². The summed E-state index contributed by atoms with van der Waals surface area (Å²) in [6, 6.07) is 0. The lowest BCUT2D eigenvalue weighted by atomic mass is 10.3. The van der Waals surface area contributed by atoms with Crippen molar-refractivity contribution in [1.82, 2.24) is 0 Å². The van der Waals surface area contributed by atoms with Crippen LogP contribution in [0.3, 0.4) is 0 Å². The minimum Gasteiger partial charge on any atom is -0.505 e. The van der Waals surface area contributed by atoms with Crippen LogP contribution in [0.15, 0.2) is 12.7 Å². The highest BCUT2D eigenvalue weighted by atomic mass is 19.4. The van der Waals surface area contributed by atoms with Crippen LogP contribution in [0, 0.1) is 0 Å². The van der Waals surface area contributed by atoms with Crippen molar-refractivity contribution in [3.05, 3.63) is 12.7 Å². The molecule has 0 aliphatic carbocycles. The molecule has 8 heavy (non-hydrogen) atoms. The Morgan fingerprint density at radius 1 is 1.50 bits per heavy atom. The molecule has 0 aromatic carbocycles. The van der Waals surface area contributed by atoms with Crippen LogP contribution in [-0.4, -0.2) is 13.8 Å². The smallest absolute Gasteiger partial charge is 0.505 e. The highest BCUT2D eigenvalue weighted by Crippen LogP contribution is 2.08. The van der Waals surface area contributed by atoms with E-state index >= 15 is 0 Å². The van der Waals surface area contributed by atoms with Crippen LogP contribution in [0.25, 0.3) is 0 Å². The second-order valence-corrected chi connectivity index (χ2v) is 1.14. The van der Waals surface area contributed by atoms with Gasteiger partial charge in [0.1, 0.15) is 0 Å². The summed E-state index contributed by atoms with van der Waals surface area (Å²) >= 11 is 0. The molecule has 0 aliphatic rings. The highest BCUT2D eigenvalue weighted by molar-refractivity contribution is 6.51. The molecule has 0 amide bonds. The van der Waals surface area contributed by atoms with Crippen LogP contribution in [0.4, 0.5) is 12.9 Å². The van der Waals surface area contributed by atoms with E-state index in [1.807, 2.05) is 0 Å². The van der Waals surface area contributed by atoms with Crippen molar-refractivity contribution >= 4 is 7.18 Å². The van der Waals surface area contributed by atoms with Crippen LogP contribution in [-0.2, 0) is 4.65 Å². The van der Waals surface area contributed by atoms with Crippen LogP contribution in [0.2, 0.25) is 0 Å². The zero-order valence-electron chi connectivity index (χ0n) is 4.11. The molecule has 0 saturated heterocycles. The molecule has 0 N–H and O–H groups in total. The maximum absolute atomic E-state index is 11.0. The third kappa shape index (κ3) is 5.55. The van der Waals surface area contributed by atoms with Gasteiger partial charge in [0.25, 0.3) is 0 Å². The van der Waals surface area contributed by atoms with Crippen molar-refractivity contribution in [2.75, 3.05) is 6.61 Å². The molecule has 48 valence electrons. The molecule has 5 heteroatoms. The maximum Gasteiger partial charge on any atom is 0.637 e. The van der Waals surface area contributed by atoms with Gasteiger partial charge in [-0.15, -0.1) is 6.58 Å². The summed E-state index contributed by atoms with van der Waals surface area (Å²) in [5.41, 5.74) is 0. The van der Waals surface area contributed by atoms with Gasteiger partial charge in [0.15, 0.2) is 0 Å². The van der Waals surface area contributed by atoms with Crippen molar-refractivity contribution in [2.45, 2.75) is 0 Å².